The van der Waals surface area contributed by atoms with Gasteiger partial charge in [0.25, 0.3) is 0 Å². The molecule has 4 aromatic rings. The van der Waals surface area contributed by atoms with Crippen LogP contribution in [0.25, 0.3) is 38.7 Å². The molecule has 11 heteroatoms. The van der Waals surface area contributed by atoms with Crippen molar-refractivity contribution in [3.63, 3.8) is 0 Å². The van der Waals surface area contributed by atoms with Crippen LogP contribution in [-0.4, -0.2) is 26.3 Å². The number of benzene rings is 2. The Bertz CT molecular complexity index is 1240. The number of hydrogen-bond acceptors (Lipinski definition) is 3. The SMILES string of the molecule is [N-]=[N+]=NCCc1ccc(-n2c(-c3ccn[nH]3)nc3cc(C(F)(F)F)c(Cl)cc32)cc1. The summed E-state index contributed by atoms with van der Waals surface area (Å²) in [6, 6.07) is 11.2. The number of nitrogens with one attached hydrogen (secondary N) is 1. The number of hydrogen-bond donors (Lipinski definition) is 1. The van der Waals surface area contributed by atoms with Crippen molar-refractivity contribution in [3.8, 4) is 17.2 Å². The maximum absolute atomic E-state index is 13.3. The van der Waals surface area contributed by atoms with Crippen LogP contribution in [-0.2, 0) is 12.6 Å². The Labute approximate surface area is 172 Å². The summed E-state index contributed by atoms with van der Waals surface area (Å²) in [5, 5.41) is 9.81. The highest BCUT2D eigenvalue weighted by atomic mass is 35.5. The van der Waals surface area contributed by atoms with Crippen LogP contribution in [0.5, 0.6) is 0 Å². The van der Waals surface area contributed by atoms with E-state index in [1.165, 1.54) is 12.3 Å². The van der Waals surface area contributed by atoms with Crippen molar-refractivity contribution < 1.29 is 13.2 Å². The third-order valence-corrected chi connectivity index (χ3v) is 4.86. The predicted molar refractivity (Wildman–Crippen MR) is 106 cm³/mol. The zero-order valence-electron chi connectivity index (χ0n) is 15.2. The number of halogens is 4. The highest BCUT2D eigenvalue weighted by Gasteiger charge is 2.34. The first-order chi connectivity index (χ1) is 14.4. The monoisotopic (exact) mass is 431 g/mol. The molecule has 0 aliphatic rings. The number of imidazole rings is 1. The molecular formula is C19H13ClF3N7. The van der Waals surface area contributed by atoms with Crippen LogP contribution in [0.3, 0.4) is 0 Å². The number of aromatic nitrogens is 4. The fourth-order valence-electron chi connectivity index (χ4n) is 3.17. The Morgan fingerprint density at radius 1 is 1.17 bits per heavy atom. The van der Waals surface area contributed by atoms with E-state index in [0.29, 0.717) is 35.7 Å². The quantitative estimate of drug-likeness (QED) is 0.240. The third-order valence-electron chi connectivity index (χ3n) is 4.55. The molecule has 0 saturated carbocycles. The summed E-state index contributed by atoms with van der Waals surface area (Å²) in [7, 11) is 0. The lowest BCUT2D eigenvalue weighted by Crippen LogP contribution is -2.06. The summed E-state index contributed by atoms with van der Waals surface area (Å²) in [5.41, 5.74) is 10.2. The van der Waals surface area contributed by atoms with Gasteiger partial charge in [0.15, 0.2) is 5.82 Å². The van der Waals surface area contributed by atoms with Crippen molar-refractivity contribution in [1.29, 1.82) is 0 Å². The topological polar surface area (TPSA) is 95.3 Å². The molecule has 2 aromatic carbocycles. The lowest BCUT2D eigenvalue weighted by molar-refractivity contribution is -0.137. The molecule has 2 heterocycles. The van der Waals surface area contributed by atoms with E-state index in [4.69, 9.17) is 17.1 Å². The van der Waals surface area contributed by atoms with E-state index in [-0.39, 0.29) is 5.52 Å². The van der Waals surface area contributed by atoms with E-state index < -0.39 is 16.8 Å². The van der Waals surface area contributed by atoms with E-state index in [2.05, 4.69) is 25.2 Å². The zero-order chi connectivity index (χ0) is 21.3. The number of fused-ring (bicyclic) bond motifs is 1. The van der Waals surface area contributed by atoms with Gasteiger partial charge in [-0.05, 0) is 47.8 Å². The van der Waals surface area contributed by atoms with Crippen molar-refractivity contribution in [2.75, 3.05) is 6.54 Å². The molecule has 7 nitrogen and oxygen atoms in total. The van der Waals surface area contributed by atoms with Gasteiger partial charge in [0.1, 0.15) is 5.69 Å². The number of aromatic amines is 1. The molecule has 4 rings (SSSR count). The molecule has 0 saturated heterocycles. The molecule has 0 unspecified atom stereocenters. The molecule has 0 spiro atoms. The Balaban J connectivity index is 1.88. The van der Waals surface area contributed by atoms with Gasteiger partial charge in [0, 0.05) is 23.3 Å². The van der Waals surface area contributed by atoms with Crippen LogP contribution in [0.4, 0.5) is 13.2 Å². The van der Waals surface area contributed by atoms with Crippen molar-refractivity contribution in [3.05, 3.63) is 75.3 Å². The molecule has 0 amide bonds. The minimum Gasteiger partial charge on any atom is -0.291 e. The van der Waals surface area contributed by atoms with E-state index in [9.17, 15) is 13.2 Å². The van der Waals surface area contributed by atoms with Crippen molar-refractivity contribution in [2.45, 2.75) is 12.6 Å². The van der Waals surface area contributed by atoms with Gasteiger partial charge in [-0.25, -0.2) is 4.98 Å². The number of H-pyrrole nitrogens is 1. The molecule has 0 aliphatic carbocycles. The summed E-state index contributed by atoms with van der Waals surface area (Å²) in [6.07, 6.45) is -2.48. The maximum Gasteiger partial charge on any atom is 0.417 e. The van der Waals surface area contributed by atoms with Gasteiger partial charge in [-0.1, -0.05) is 28.8 Å². The number of alkyl halides is 3. The van der Waals surface area contributed by atoms with Crippen molar-refractivity contribution in [2.24, 2.45) is 5.11 Å². The first-order valence-electron chi connectivity index (χ1n) is 8.77. The second-order valence-corrected chi connectivity index (χ2v) is 6.84. The summed E-state index contributed by atoms with van der Waals surface area (Å²) in [4.78, 5) is 7.13. The van der Waals surface area contributed by atoms with E-state index in [0.717, 1.165) is 11.6 Å². The molecule has 0 aliphatic heterocycles. The molecule has 1 N–H and O–H groups in total. The van der Waals surface area contributed by atoms with Crippen LogP contribution < -0.4 is 0 Å². The molecule has 0 fully saturated rings. The second kappa shape index (κ2) is 7.74. The van der Waals surface area contributed by atoms with Crippen molar-refractivity contribution >= 4 is 22.6 Å². The number of nitrogens with zero attached hydrogens (tertiary/aromatic N) is 6. The minimum atomic E-state index is -4.59. The predicted octanol–water partition coefficient (Wildman–Crippen LogP) is 5.94. The van der Waals surface area contributed by atoms with Crippen LogP contribution >= 0.6 is 11.6 Å². The summed E-state index contributed by atoms with van der Waals surface area (Å²) < 4.78 is 41.6. The van der Waals surface area contributed by atoms with Gasteiger partial charge in [-0.3, -0.25) is 9.67 Å². The van der Waals surface area contributed by atoms with Crippen LogP contribution in [0.15, 0.2) is 53.8 Å². The Hall–Kier alpha value is -3.49. The third kappa shape index (κ3) is 3.70. The van der Waals surface area contributed by atoms with E-state index >= 15 is 0 Å². The smallest absolute Gasteiger partial charge is 0.291 e. The molecule has 0 bridgehead atoms. The highest BCUT2D eigenvalue weighted by molar-refractivity contribution is 6.32. The fourth-order valence-corrected chi connectivity index (χ4v) is 3.44. The first kappa shape index (κ1) is 19.8. The largest absolute Gasteiger partial charge is 0.417 e. The lowest BCUT2D eigenvalue weighted by Gasteiger charge is -2.11. The van der Waals surface area contributed by atoms with Gasteiger partial charge >= 0.3 is 6.18 Å². The Morgan fingerprint density at radius 2 is 1.93 bits per heavy atom. The molecule has 0 atom stereocenters. The van der Waals surface area contributed by atoms with Gasteiger partial charge in [0.05, 0.1) is 21.6 Å². The first-order valence-corrected chi connectivity index (χ1v) is 9.15. The van der Waals surface area contributed by atoms with E-state index in [1.54, 1.807) is 10.6 Å². The Kier molecular flexibility index (Phi) is 5.11. The average Bonchev–Trinajstić information content (AvgIpc) is 3.35. The van der Waals surface area contributed by atoms with Crippen molar-refractivity contribution in [1.82, 2.24) is 19.7 Å². The lowest BCUT2D eigenvalue weighted by atomic mass is 10.1. The van der Waals surface area contributed by atoms with Gasteiger partial charge in [-0.2, -0.15) is 18.3 Å². The van der Waals surface area contributed by atoms with E-state index in [1.807, 2.05) is 24.3 Å². The maximum atomic E-state index is 13.3. The highest BCUT2D eigenvalue weighted by Crippen LogP contribution is 2.38. The summed E-state index contributed by atoms with van der Waals surface area (Å²) >= 11 is 5.96. The van der Waals surface area contributed by atoms with Crippen LogP contribution in [0.1, 0.15) is 11.1 Å². The molecule has 2 aromatic heterocycles. The normalized spacial score (nSPS) is 11.6. The summed E-state index contributed by atoms with van der Waals surface area (Å²) in [5.74, 6) is 0.403. The molecule has 30 heavy (non-hydrogen) atoms. The fraction of sp³-hybridized carbons (Fsp3) is 0.158. The average molecular weight is 432 g/mol. The number of azide groups is 1. The molecule has 152 valence electrons. The second-order valence-electron chi connectivity index (χ2n) is 6.43. The molecule has 0 radical (unpaired) electrons. The summed E-state index contributed by atoms with van der Waals surface area (Å²) in [6.45, 7) is 0.332. The Morgan fingerprint density at radius 3 is 2.57 bits per heavy atom. The standard InChI is InChI=1S/C19H13ClF3N7/c20-14-10-17-16(9-13(14)19(21,22)23)27-18(15-6-8-25-28-15)30(17)12-3-1-11(2-4-12)5-7-26-29-24/h1-4,6,8-10H,5,7H2,(H,25,28). The minimum absolute atomic E-state index is 0.156. The van der Waals surface area contributed by atoms with Crippen LogP contribution in [0.2, 0.25) is 5.02 Å². The zero-order valence-corrected chi connectivity index (χ0v) is 16.0. The number of rotatable bonds is 5. The van der Waals surface area contributed by atoms with Gasteiger partial charge in [0.2, 0.25) is 0 Å². The van der Waals surface area contributed by atoms with Gasteiger partial charge < -0.3 is 0 Å². The van der Waals surface area contributed by atoms with Crippen LogP contribution in [0, 0.1) is 0 Å². The molecular weight excluding hydrogens is 419 g/mol. The van der Waals surface area contributed by atoms with Gasteiger partial charge in [-0.15, -0.1) is 0 Å².